The van der Waals surface area contributed by atoms with Crippen LogP contribution in [0.2, 0.25) is 0 Å². The second-order valence-electron chi connectivity index (χ2n) is 4.90. The molecule has 1 amide bonds. The van der Waals surface area contributed by atoms with Gasteiger partial charge in [-0.1, -0.05) is 18.2 Å². The molecule has 1 aromatic heterocycles. The van der Waals surface area contributed by atoms with Gasteiger partial charge in [-0.25, -0.2) is 0 Å². The molecule has 8 heteroatoms. The number of hydrogen-bond acceptors (Lipinski definition) is 5. The van der Waals surface area contributed by atoms with Crippen molar-refractivity contribution < 1.29 is 4.79 Å². The number of thioether (sulfide) groups is 2. The molecule has 128 valence electrons. The highest BCUT2D eigenvalue weighted by Crippen LogP contribution is 2.25. The Kier molecular flexibility index (Phi) is 8.14. The maximum Gasteiger partial charge on any atom is 0.248 e. The van der Waals surface area contributed by atoms with E-state index in [1.165, 1.54) is 11.8 Å². The molecule has 24 heavy (non-hydrogen) atoms. The van der Waals surface area contributed by atoms with Crippen molar-refractivity contribution in [3.63, 3.8) is 0 Å². The maximum atomic E-state index is 11.9. The van der Waals surface area contributed by atoms with E-state index in [-0.39, 0.29) is 11.7 Å². The van der Waals surface area contributed by atoms with Gasteiger partial charge in [-0.3, -0.25) is 20.6 Å². The quantitative estimate of drug-likeness (QED) is 0.295. The standard InChI is InChI=1S/C16H20N4OS3/c1-23-10-4-9-18-16(22)20-19-14(21)11-24-13-7-2-5-12-6-3-8-17-15(12)13/h2-3,5-8H,4,9-11H2,1H3,(H,19,21)(H2,18,20,22). The van der Waals surface area contributed by atoms with Crippen LogP contribution in [0.25, 0.3) is 10.9 Å². The summed E-state index contributed by atoms with van der Waals surface area (Å²) in [5.74, 6) is 1.23. The minimum atomic E-state index is -0.138. The van der Waals surface area contributed by atoms with Crippen molar-refractivity contribution >= 4 is 57.7 Å². The molecule has 0 unspecified atom stereocenters. The van der Waals surface area contributed by atoms with Gasteiger partial charge in [0, 0.05) is 23.0 Å². The van der Waals surface area contributed by atoms with Crippen LogP contribution >= 0.6 is 35.7 Å². The zero-order valence-electron chi connectivity index (χ0n) is 13.4. The molecule has 0 saturated carbocycles. The number of carbonyl (C=O) groups is 1. The summed E-state index contributed by atoms with van der Waals surface area (Å²) in [4.78, 5) is 17.3. The van der Waals surface area contributed by atoms with Crippen LogP contribution in [0.3, 0.4) is 0 Å². The van der Waals surface area contributed by atoms with E-state index in [9.17, 15) is 4.79 Å². The number of amides is 1. The predicted octanol–water partition coefficient (Wildman–Crippen LogP) is 2.58. The molecule has 2 rings (SSSR count). The van der Waals surface area contributed by atoms with Crippen LogP contribution in [0.4, 0.5) is 0 Å². The molecule has 0 radical (unpaired) electrons. The van der Waals surface area contributed by atoms with Crippen LogP contribution in [0, 0.1) is 0 Å². The summed E-state index contributed by atoms with van der Waals surface area (Å²) in [5, 5.41) is 4.54. The highest BCUT2D eigenvalue weighted by Gasteiger charge is 2.06. The summed E-state index contributed by atoms with van der Waals surface area (Å²) in [6.45, 7) is 0.791. The van der Waals surface area contributed by atoms with Crippen molar-refractivity contribution in [3.05, 3.63) is 36.5 Å². The zero-order chi connectivity index (χ0) is 17.2. The van der Waals surface area contributed by atoms with Crippen molar-refractivity contribution in [1.29, 1.82) is 0 Å². The molecule has 1 heterocycles. The van der Waals surface area contributed by atoms with Crippen molar-refractivity contribution in [2.24, 2.45) is 0 Å². The summed E-state index contributed by atoms with van der Waals surface area (Å²) < 4.78 is 0. The fourth-order valence-electron chi connectivity index (χ4n) is 1.96. The fraction of sp³-hybridized carbons (Fsp3) is 0.312. The van der Waals surface area contributed by atoms with Gasteiger partial charge in [0.2, 0.25) is 5.91 Å². The molecule has 1 aromatic carbocycles. The van der Waals surface area contributed by atoms with Gasteiger partial charge in [0.25, 0.3) is 0 Å². The fourth-order valence-corrected chi connectivity index (χ4v) is 3.39. The Bertz CT molecular complexity index is 691. The molecule has 2 aromatic rings. The van der Waals surface area contributed by atoms with E-state index >= 15 is 0 Å². The number of pyridine rings is 1. The van der Waals surface area contributed by atoms with Gasteiger partial charge in [0.15, 0.2) is 5.11 Å². The Morgan fingerprint density at radius 1 is 1.25 bits per heavy atom. The summed E-state index contributed by atoms with van der Waals surface area (Å²) >= 11 is 8.35. The molecule has 0 aliphatic carbocycles. The Morgan fingerprint density at radius 2 is 2.08 bits per heavy atom. The molecule has 0 fully saturated rings. The number of thiocarbonyl (C=S) groups is 1. The van der Waals surface area contributed by atoms with E-state index in [1.807, 2.05) is 30.3 Å². The lowest BCUT2D eigenvalue weighted by atomic mass is 10.2. The number of fused-ring (bicyclic) bond motifs is 1. The molecule has 3 N–H and O–H groups in total. The van der Waals surface area contributed by atoms with Crippen molar-refractivity contribution in [1.82, 2.24) is 21.2 Å². The Hall–Kier alpha value is -1.51. The molecular weight excluding hydrogens is 360 g/mol. The minimum absolute atomic E-state index is 0.138. The topological polar surface area (TPSA) is 66.0 Å². The molecule has 0 aliphatic heterocycles. The highest BCUT2D eigenvalue weighted by atomic mass is 32.2. The smallest absolute Gasteiger partial charge is 0.248 e. The second kappa shape index (κ2) is 10.4. The molecule has 0 spiro atoms. The number of hydrazine groups is 1. The zero-order valence-corrected chi connectivity index (χ0v) is 15.8. The highest BCUT2D eigenvalue weighted by molar-refractivity contribution is 8.00. The van der Waals surface area contributed by atoms with Gasteiger partial charge in [0.05, 0.1) is 11.3 Å². The first-order valence-corrected chi connectivity index (χ1v) is 10.3. The van der Waals surface area contributed by atoms with Gasteiger partial charge in [-0.15, -0.1) is 11.8 Å². The normalized spacial score (nSPS) is 10.4. The molecule has 0 saturated heterocycles. The van der Waals surface area contributed by atoms with E-state index < -0.39 is 0 Å². The molecule has 0 atom stereocenters. The van der Waals surface area contributed by atoms with Crippen molar-refractivity contribution in [3.8, 4) is 0 Å². The number of para-hydroxylation sites is 1. The van der Waals surface area contributed by atoms with E-state index in [2.05, 4.69) is 27.4 Å². The lowest BCUT2D eigenvalue weighted by Gasteiger charge is -2.11. The number of aromatic nitrogens is 1. The van der Waals surface area contributed by atoms with Crippen LogP contribution in [0.1, 0.15) is 6.42 Å². The van der Waals surface area contributed by atoms with Gasteiger partial charge in [-0.2, -0.15) is 11.8 Å². The number of nitrogens with one attached hydrogen (secondary N) is 3. The second-order valence-corrected chi connectivity index (χ2v) is 7.31. The SMILES string of the molecule is CSCCCNC(=S)NNC(=O)CSc1cccc2cccnc12. The van der Waals surface area contributed by atoms with Gasteiger partial charge in [-0.05, 0) is 42.8 Å². The average Bonchev–Trinajstić information content (AvgIpc) is 2.61. The first kappa shape index (κ1) is 18.8. The number of carbonyl (C=O) groups excluding carboxylic acids is 1. The maximum absolute atomic E-state index is 11.9. The van der Waals surface area contributed by atoms with Gasteiger partial charge >= 0.3 is 0 Å². The molecule has 0 aliphatic rings. The van der Waals surface area contributed by atoms with E-state index in [4.69, 9.17) is 12.2 Å². The van der Waals surface area contributed by atoms with Gasteiger partial charge < -0.3 is 5.32 Å². The molecule has 0 bridgehead atoms. The summed E-state index contributed by atoms with van der Waals surface area (Å²) in [6, 6.07) is 9.86. The third-order valence-electron chi connectivity index (χ3n) is 3.08. The first-order chi connectivity index (χ1) is 11.7. The summed E-state index contributed by atoms with van der Waals surface area (Å²) in [6.07, 6.45) is 4.86. The number of nitrogens with zero attached hydrogens (tertiary/aromatic N) is 1. The number of benzene rings is 1. The third-order valence-corrected chi connectivity index (χ3v) is 5.07. The lowest BCUT2D eigenvalue weighted by molar-refractivity contribution is -0.119. The average molecular weight is 381 g/mol. The largest absolute Gasteiger partial charge is 0.361 e. The Morgan fingerprint density at radius 3 is 2.92 bits per heavy atom. The van der Waals surface area contributed by atoms with Crippen LogP contribution < -0.4 is 16.2 Å². The monoisotopic (exact) mass is 380 g/mol. The van der Waals surface area contributed by atoms with Crippen LogP contribution in [-0.2, 0) is 4.79 Å². The lowest BCUT2D eigenvalue weighted by Crippen LogP contribution is -2.47. The van der Waals surface area contributed by atoms with Crippen molar-refractivity contribution in [2.45, 2.75) is 11.3 Å². The molecular formula is C16H20N4OS3. The van der Waals surface area contributed by atoms with Crippen LogP contribution in [-0.4, -0.2) is 40.3 Å². The number of rotatable bonds is 7. The van der Waals surface area contributed by atoms with E-state index in [0.29, 0.717) is 5.11 Å². The Balaban J connectivity index is 1.74. The van der Waals surface area contributed by atoms with Crippen LogP contribution in [0.15, 0.2) is 41.4 Å². The summed E-state index contributed by atoms with van der Waals surface area (Å²) in [7, 11) is 0. The van der Waals surface area contributed by atoms with E-state index in [1.54, 1.807) is 18.0 Å². The molecule has 5 nitrogen and oxygen atoms in total. The van der Waals surface area contributed by atoms with Crippen molar-refractivity contribution in [2.75, 3.05) is 24.3 Å². The van der Waals surface area contributed by atoms with E-state index in [0.717, 1.165) is 34.5 Å². The Labute approximate surface area is 155 Å². The van der Waals surface area contributed by atoms with Crippen LogP contribution in [0.5, 0.6) is 0 Å². The van der Waals surface area contributed by atoms with Gasteiger partial charge in [0.1, 0.15) is 0 Å². The predicted molar refractivity (Wildman–Crippen MR) is 107 cm³/mol. The minimum Gasteiger partial charge on any atom is -0.361 e. The number of hydrogen-bond donors (Lipinski definition) is 3. The summed E-state index contributed by atoms with van der Waals surface area (Å²) in [5.41, 5.74) is 6.23. The third kappa shape index (κ3) is 6.18. The first-order valence-electron chi connectivity index (χ1n) is 7.49.